The van der Waals surface area contributed by atoms with Crippen LogP contribution >= 0.6 is 11.8 Å². The third-order valence-corrected chi connectivity index (χ3v) is 5.32. The average molecular weight is 293 g/mol. The molecule has 0 bridgehead atoms. The SMILES string of the molecule is CCCCSC1Cc2ccc(OC)cc2C1NCCC. The van der Waals surface area contributed by atoms with Crippen LogP contribution in [0.1, 0.15) is 50.3 Å². The molecule has 0 amide bonds. The third-order valence-electron chi connectivity index (χ3n) is 3.93. The van der Waals surface area contributed by atoms with E-state index >= 15 is 0 Å². The van der Waals surface area contributed by atoms with Gasteiger partial charge in [0.05, 0.1) is 7.11 Å². The molecule has 0 heterocycles. The number of hydrogen-bond acceptors (Lipinski definition) is 3. The first-order valence-electron chi connectivity index (χ1n) is 7.82. The Morgan fingerprint density at radius 3 is 2.85 bits per heavy atom. The lowest BCUT2D eigenvalue weighted by atomic mass is 10.1. The number of fused-ring (bicyclic) bond motifs is 1. The van der Waals surface area contributed by atoms with Gasteiger partial charge in [0.25, 0.3) is 0 Å². The van der Waals surface area contributed by atoms with Gasteiger partial charge in [-0.2, -0.15) is 11.8 Å². The zero-order valence-corrected chi connectivity index (χ0v) is 13.8. The van der Waals surface area contributed by atoms with Crippen molar-refractivity contribution in [1.29, 1.82) is 0 Å². The highest BCUT2D eigenvalue weighted by Gasteiger charge is 2.32. The molecule has 0 aliphatic heterocycles. The molecule has 1 aromatic carbocycles. The van der Waals surface area contributed by atoms with Gasteiger partial charge in [-0.15, -0.1) is 0 Å². The van der Waals surface area contributed by atoms with Crippen LogP contribution in [0.3, 0.4) is 0 Å². The van der Waals surface area contributed by atoms with Crippen LogP contribution in [-0.2, 0) is 6.42 Å². The molecule has 0 aromatic heterocycles. The van der Waals surface area contributed by atoms with Crippen LogP contribution in [0.5, 0.6) is 5.75 Å². The van der Waals surface area contributed by atoms with Crippen LogP contribution in [0.2, 0.25) is 0 Å². The summed E-state index contributed by atoms with van der Waals surface area (Å²) in [5.74, 6) is 2.25. The molecule has 2 unspecified atom stereocenters. The van der Waals surface area contributed by atoms with Gasteiger partial charge in [-0.3, -0.25) is 0 Å². The molecule has 20 heavy (non-hydrogen) atoms. The predicted molar refractivity (Wildman–Crippen MR) is 88.9 cm³/mol. The maximum Gasteiger partial charge on any atom is 0.119 e. The minimum absolute atomic E-state index is 0.488. The second-order valence-electron chi connectivity index (χ2n) is 5.46. The maximum absolute atomic E-state index is 5.39. The Kier molecular flexibility index (Phi) is 6.24. The van der Waals surface area contributed by atoms with E-state index in [1.807, 2.05) is 0 Å². The van der Waals surface area contributed by atoms with Crippen LogP contribution in [0.15, 0.2) is 18.2 Å². The summed E-state index contributed by atoms with van der Waals surface area (Å²) in [4.78, 5) is 0. The van der Waals surface area contributed by atoms with E-state index in [1.54, 1.807) is 7.11 Å². The van der Waals surface area contributed by atoms with Gasteiger partial charge >= 0.3 is 0 Å². The summed E-state index contributed by atoms with van der Waals surface area (Å²) in [5, 5.41) is 4.42. The van der Waals surface area contributed by atoms with E-state index in [0.717, 1.165) is 12.3 Å². The average Bonchev–Trinajstić information content (AvgIpc) is 2.82. The van der Waals surface area contributed by atoms with Crippen molar-refractivity contribution in [3.8, 4) is 5.75 Å². The fourth-order valence-electron chi connectivity index (χ4n) is 2.79. The van der Waals surface area contributed by atoms with Crippen LogP contribution in [0.25, 0.3) is 0 Å². The zero-order chi connectivity index (χ0) is 14.4. The number of hydrogen-bond donors (Lipinski definition) is 1. The monoisotopic (exact) mass is 293 g/mol. The predicted octanol–water partition coefficient (Wildman–Crippen LogP) is 4.19. The van der Waals surface area contributed by atoms with E-state index in [9.17, 15) is 0 Å². The Morgan fingerprint density at radius 2 is 2.15 bits per heavy atom. The van der Waals surface area contributed by atoms with Crippen molar-refractivity contribution in [3.05, 3.63) is 29.3 Å². The molecule has 1 N–H and O–H groups in total. The van der Waals surface area contributed by atoms with E-state index < -0.39 is 0 Å². The maximum atomic E-state index is 5.39. The van der Waals surface area contributed by atoms with Gasteiger partial charge in [0.1, 0.15) is 5.75 Å². The van der Waals surface area contributed by atoms with E-state index in [0.29, 0.717) is 11.3 Å². The normalized spacial score (nSPS) is 20.9. The van der Waals surface area contributed by atoms with E-state index in [1.165, 1.54) is 42.6 Å². The molecule has 0 spiro atoms. The fourth-order valence-corrected chi connectivity index (χ4v) is 4.28. The van der Waals surface area contributed by atoms with Crippen molar-refractivity contribution in [2.75, 3.05) is 19.4 Å². The number of thioether (sulfide) groups is 1. The van der Waals surface area contributed by atoms with Gasteiger partial charge in [0.2, 0.25) is 0 Å². The lowest BCUT2D eigenvalue weighted by Gasteiger charge is -2.21. The molecule has 2 nitrogen and oxygen atoms in total. The number of unbranched alkanes of at least 4 members (excludes halogenated alkanes) is 1. The largest absolute Gasteiger partial charge is 0.497 e. The standard InChI is InChI=1S/C17H27NOS/c1-4-6-10-20-16-11-13-7-8-14(19-3)12-15(13)17(16)18-9-5-2/h7-8,12,16-18H,4-6,9-11H2,1-3H3. The van der Waals surface area contributed by atoms with Gasteiger partial charge in [-0.1, -0.05) is 26.3 Å². The lowest BCUT2D eigenvalue weighted by molar-refractivity contribution is 0.413. The van der Waals surface area contributed by atoms with Crippen LogP contribution < -0.4 is 10.1 Å². The molecule has 2 atom stereocenters. The summed E-state index contributed by atoms with van der Waals surface area (Å²) in [6, 6.07) is 7.05. The van der Waals surface area contributed by atoms with Crippen LogP contribution in [0, 0.1) is 0 Å². The first kappa shape index (κ1) is 15.7. The molecule has 3 heteroatoms. The molecule has 0 fully saturated rings. The molecule has 0 saturated heterocycles. The summed E-state index contributed by atoms with van der Waals surface area (Å²) < 4.78 is 5.39. The summed E-state index contributed by atoms with van der Waals surface area (Å²) in [7, 11) is 1.75. The number of methoxy groups -OCH3 is 1. The number of ether oxygens (including phenoxy) is 1. The van der Waals surface area contributed by atoms with Gasteiger partial charge < -0.3 is 10.1 Å². The van der Waals surface area contributed by atoms with Crippen LogP contribution in [-0.4, -0.2) is 24.7 Å². The number of nitrogens with one attached hydrogen (secondary N) is 1. The molecule has 2 rings (SSSR count). The highest BCUT2D eigenvalue weighted by Crippen LogP contribution is 2.40. The third kappa shape index (κ3) is 3.70. The van der Waals surface area contributed by atoms with Gasteiger partial charge in [0, 0.05) is 11.3 Å². The fraction of sp³-hybridized carbons (Fsp3) is 0.647. The highest BCUT2D eigenvalue weighted by molar-refractivity contribution is 7.99. The summed E-state index contributed by atoms with van der Waals surface area (Å²) in [5.41, 5.74) is 2.94. The quantitative estimate of drug-likeness (QED) is 0.726. The Balaban J connectivity index is 2.11. The first-order chi connectivity index (χ1) is 9.80. The topological polar surface area (TPSA) is 21.3 Å². The first-order valence-corrected chi connectivity index (χ1v) is 8.86. The molecule has 112 valence electrons. The Labute approximate surface area is 127 Å². The van der Waals surface area contributed by atoms with Crippen molar-refractivity contribution < 1.29 is 4.74 Å². The molecule has 1 aromatic rings. The van der Waals surface area contributed by atoms with Gasteiger partial charge in [-0.05, 0) is 54.8 Å². The minimum atomic E-state index is 0.488. The highest BCUT2D eigenvalue weighted by atomic mass is 32.2. The smallest absolute Gasteiger partial charge is 0.119 e. The van der Waals surface area contributed by atoms with Crippen molar-refractivity contribution in [2.45, 2.75) is 50.8 Å². The zero-order valence-electron chi connectivity index (χ0n) is 12.9. The Hall–Kier alpha value is -0.670. The second kappa shape index (κ2) is 7.94. The van der Waals surface area contributed by atoms with E-state index in [-0.39, 0.29) is 0 Å². The van der Waals surface area contributed by atoms with Gasteiger partial charge in [-0.25, -0.2) is 0 Å². The van der Waals surface area contributed by atoms with Crippen LogP contribution in [0.4, 0.5) is 0 Å². The molecule has 1 aliphatic rings. The summed E-state index contributed by atoms with van der Waals surface area (Å²) >= 11 is 2.13. The number of rotatable bonds is 8. The number of benzene rings is 1. The second-order valence-corrected chi connectivity index (χ2v) is 6.81. The molecular weight excluding hydrogens is 266 g/mol. The van der Waals surface area contributed by atoms with Crippen molar-refractivity contribution >= 4 is 11.8 Å². The lowest BCUT2D eigenvalue weighted by Crippen LogP contribution is -2.28. The van der Waals surface area contributed by atoms with Crippen molar-refractivity contribution in [2.24, 2.45) is 0 Å². The van der Waals surface area contributed by atoms with Crippen molar-refractivity contribution in [1.82, 2.24) is 5.32 Å². The molecule has 0 saturated carbocycles. The molecule has 0 radical (unpaired) electrons. The Bertz CT molecular complexity index is 421. The summed E-state index contributed by atoms with van der Waals surface area (Å²) in [6.45, 7) is 5.58. The minimum Gasteiger partial charge on any atom is -0.497 e. The molecule has 1 aliphatic carbocycles. The van der Waals surface area contributed by atoms with Gasteiger partial charge in [0.15, 0.2) is 0 Å². The van der Waals surface area contributed by atoms with Crippen molar-refractivity contribution in [3.63, 3.8) is 0 Å². The Morgan fingerprint density at radius 1 is 1.30 bits per heavy atom. The molecular formula is C17H27NOS. The van der Waals surface area contributed by atoms with E-state index in [2.05, 4.69) is 49.1 Å². The summed E-state index contributed by atoms with van der Waals surface area (Å²) in [6.07, 6.45) is 4.98. The van der Waals surface area contributed by atoms with E-state index in [4.69, 9.17) is 4.74 Å².